The fourth-order valence-corrected chi connectivity index (χ4v) is 4.40. The van der Waals surface area contributed by atoms with Gasteiger partial charge in [0.1, 0.15) is 11.5 Å². The van der Waals surface area contributed by atoms with Crippen molar-refractivity contribution in [2.45, 2.75) is 13.3 Å². The molecule has 4 N–H and O–H groups in total. The van der Waals surface area contributed by atoms with Crippen molar-refractivity contribution in [3.8, 4) is 17.2 Å². The SMILES string of the molecule is CCOC(N)=O.O=C(O)Cc1cc(I)c(Oc2ccc(O)c(I)c2)c(I)c1. The number of carbonyl (C=O) groups is 2. The van der Waals surface area contributed by atoms with Gasteiger partial charge in [0, 0.05) is 0 Å². The summed E-state index contributed by atoms with van der Waals surface area (Å²) in [7, 11) is 0. The molecule has 2 aromatic carbocycles. The molecule has 0 radical (unpaired) electrons. The van der Waals surface area contributed by atoms with Crippen LogP contribution < -0.4 is 10.5 Å². The fourth-order valence-electron chi connectivity index (χ4n) is 1.80. The molecule has 0 aliphatic heterocycles. The Kier molecular flexibility index (Phi) is 10.4. The topological polar surface area (TPSA) is 119 Å². The minimum Gasteiger partial charge on any atom is -0.507 e. The van der Waals surface area contributed by atoms with Crippen LogP contribution in [-0.4, -0.2) is 28.9 Å². The lowest BCUT2D eigenvalue weighted by atomic mass is 10.1. The summed E-state index contributed by atoms with van der Waals surface area (Å²) in [4.78, 5) is 20.4. The normalized spacial score (nSPS) is 9.78. The van der Waals surface area contributed by atoms with Gasteiger partial charge in [-0.2, -0.15) is 0 Å². The molecule has 1 amide bonds. The van der Waals surface area contributed by atoms with E-state index in [1.54, 1.807) is 37.3 Å². The zero-order chi connectivity index (χ0) is 20.6. The number of carbonyl (C=O) groups excluding carboxylic acids is 1. The van der Waals surface area contributed by atoms with Crippen LogP contribution in [-0.2, 0) is 16.0 Å². The molecule has 146 valence electrons. The second-order valence-electron chi connectivity index (χ2n) is 4.93. The molecule has 2 aromatic rings. The van der Waals surface area contributed by atoms with Crippen LogP contribution in [0.15, 0.2) is 30.3 Å². The van der Waals surface area contributed by atoms with Crippen molar-refractivity contribution >= 4 is 79.8 Å². The fraction of sp³-hybridized carbons (Fsp3) is 0.176. The Morgan fingerprint density at radius 3 is 2.07 bits per heavy atom. The van der Waals surface area contributed by atoms with Gasteiger partial charge in [-0.3, -0.25) is 4.79 Å². The molecule has 10 heteroatoms. The quantitative estimate of drug-likeness (QED) is 0.387. The van der Waals surface area contributed by atoms with Gasteiger partial charge >= 0.3 is 12.1 Å². The van der Waals surface area contributed by atoms with Crippen LogP contribution in [0.2, 0.25) is 0 Å². The van der Waals surface area contributed by atoms with Gasteiger partial charge < -0.3 is 25.4 Å². The van der Waals surface area contributed by atoms with Gasteiger partial charge in [-0.05, 0) is 111 Å². The number of ether oxygens (including phenoxy) is 2. The van der Waals surface area contributed by atoms with Crippen molar-refractivity contribution in [2.24, 2.45) is 5.73 Å². The molecule has 0 aromatic heterocycles. The summed E-state index contributed by atoms with van der Waals surface area (Å²) >= 11 is 6.28. The molecule has 0 saturated heterocycles. The van der Waals surface area contributed by atoms with E-state index in [-0.39, 0.29) is 12.2 Å². The van der Waals surface area contributed by atoms with E-state index in [0.717, 1.165) is 12.7 Å². The zero-order valence-corrected chi connectivity index (χ0v) is 20.5. The lowest BCUT2D eigenvalue weighted by Gasteiger charge is -2.12. The maximum absolute atomic E-state index is 10.8. The van der Waals surface area contributed by atoms with E-state index in [1.165, 1.54) is 0 Å². The molecule has 0 bridgehead atoms. The first-order valence-corrected chi connectivity index (χ1v) is 10.7. The number of primary amides is 1. The molecule has 0 saturated carbocycles. The van der Waals surface area contributed by atoms with E-state index in [0.29, 0.717) is 21.7 Å². The van der Waals surface area contributed by atoms with Crippen molar-refractivity contribution in [3.63, 3.8) is 0 Å². The van der Waals surface area contributed by atoms with Crippen LogP contribution in [0.1, 0.15) is 12.5 Å². The maximum atomic E-state index is 10.8. The molecular weight excluding hydrogens is 695 g/mol. The Morgan fingerprint density at radius 2 is 1.67 bits per heavy atom. The largest absolute Gasteiger partial charge is 0.507 e. The second kappa shape index (κ2) is 11.7. The first kappa shape index (κ1) is 24.0. The number of carboxylic acid groups (broad SMARTS) is 1. The summed E-state index contributed by atoms with van der Waals surface area (Å²) in [6, 6.07) is 8.62. The van der Waals surface area contributed by atoms with E-state index in [9.17, 15) is 14.7 Å². The predicted octanol–water partition coefficient (Wildman–Crippen LogP) is 4.73. The van der Waals surface area contributed by atoms with Gasteiger partial charge in [0.15, 0.2) is 5.75 Å². The van der Waals surface area contributed by atoms with Gasteiger partial charge in [-0.15, -0.1) is 0 Å². The number of rotatable bonds is 5. The molecule has 7 nitrogen and oxygen atoms in total. The molecule has 0 aliphatic rings. The first-order valence-electron chi connectivity index (χ1n) is 7.42. The van der Waals surface area contributed by atoms with Crippen molar-refractivity contribution in [1.82, 2.24) is 0 Å². The number of aliphatic carboxylic acids is 1. The highest BCUT2D eigenvalue weighted by Gasteiger charge is 2.12. The number of phenols is 1. The number of nitrogens with two attached hydrogens (primary N) is 1. The van der Waals surface area contributed by atoms with E-state index >= 15 is 0 Å². The van der Waals surface area contributed by atoms with Crippen molar-refractivity contribution < 1.29 is 29.3 Å². The van der Waals surface area contributed by atoms with E-state index in [1.807, 2.05) is 22.6 Å². The Bertz CT molecular complexity index is 805. The van der Waals surface area contributed by atoms with Crippen LogP contribution in [0, 0.1) is 10.7 Å². The Hall–Kier alpha value is -1.03. The number of phenolic OH excluding ortho intramolecular Hbond substituents is 1. The summed E-state index contributed by atoms with van der Waals surface area (Å²) in [5.74, 6) is 0.665. The summed E-state index contributed by atoms with van der Waals surface area (Å²) in [6.07, 6.45) is -0.721. The van der Waals surface area contributed by atoms with Crippen LogP contribution in [0.5, 0.6) is 17.2 Å². The number of hydrogen-bond donors (Lipinski definition) is 3. The smallest absolute Gasteiger partial charge is 0.404 e. The zero-order valence-electron chi connectivity index (χ0n) is 14.0. The van der Waals surface area contributed by atoms with Crippen LogP contribution >= 0.6 is 67.8 Å². The molecular formula is C17H16I3NO6. The highest BCUT2D eigenvalue weighted by Crippen LogP contribution is 2.34. The maximum Gasteiger partial charge on any atom is 0.404 e. The molecule has 0 heterocycles. The summed E-state index contributed by atoms with van der Waals surface area (Å²) < 4.78 is 12.4. The third kappa shape index (κ3) is 8.68. The molecule has 2 rings (SSSR count). The monoisotopic (exact) mass is 711 g/mol. The van der Waals surface area contributed by atoms with Crippen molar-refractivity contribution in [1.29, 1.82) is 0 Å². The Labute approximate surface area is 197 Å². The molecule has 0 unspecified atom stereocenters. The van der Waals surface area contributed by atoms with Gasteiger partial charge in [-0.25, -0.2) is 4.79 Å². The van der Waals surface area contributed by atoms with E-state index in [4.69, 9.17) is 9.84 Å². The van der Waals surface area contributed by atoms with Crippen LogP contribution in [0.4, 0.5) is 4.79 Å². The number of hydrogen-bond acceptors (Lipinski definition) is 5. The lowest BCUT2D eigenvalue weighted by Crippen LogP contribution is -2.11. The third-order valence-corrected chi connectivity index (χ3v) is 5.31. The predicted molar refractivity (Wildman–Crippen MR) is 125 cm³/mol. The highest BCUT2D eigenvalue weighted by molar-refractivity contribution is 14.1. The summed E-state index contributed by atoms with van der Waals surface area (Å²) in [6.45, 7) is 2.06. The van der Waals surface area contributed by atoms with Gasteiger partial charge in [0.05, 0.1) is 23.7 Å². The van der Waals surface area contributed by atoms with Gasteiger partial charge in [0.25, 0.3) is 0 Å². The van der Waals surface area contributed by atoms with E-state index < -0.39 is 12.1 Å². The second-order valence-corrected chi connectivity index (χ2v) is 8.41. The number of aromatic hydroxyl groups is 1. The Balaban J connectivity index is 0.000000527. The Morgan fingerprint density at radius 1 is 1.07 bits per heavy atom. The molecule has 0 atom stereocenters. The summed E-state index contributed by atoms with van der Waals surface area (Å²) in [5, 5.41) is 18.4. The lowest BCUT2D eigenvalue weighted by molar-refractivity contribution is -0.136. The minimum absolute atomic E-state index is 0.0105. The number of benzene rings is 2. The highest BCUT2D eigenvalue weighted by atomic mass is 127. The van der Waals surface area contributed by atoms with E-state index in [2.05, 4.69) is 55.7 Å². The number of carboxylic acids is 1. The van der Waals surface area contributed by atoms with Crippen molar-refractivity contribution in [3.05, 3.63) is 46.6 Å². The number of amides is 1. The minimum atomic E-state index is -0.858. The van der Waals surface area contributed by atoms with Crippen LogP contribution in [0.25, 0.3) is 0 Å². The molecule has 27 heavy (non-hydrogen) atoms. The average molecular weight is 711 g/mol. The first-order chi connectivity index (χ1) is 12.6. The average Bonchev–Trinajstić information content (AvgIpc) is 2.54. The van der Waals surface area contributed by atoms with Gasteiger partial charge in [-0.1, -0.05) is 0 Å². The number of halogens is 3. The summed E-state index contributed by atoms with van der Waals surface area (Å²) in [5.41, 5.74) is 5.28. The standard InChI is InChI=1S/C14H9I3O4.C3H7NO2/c15-9-6-8(1-2-12(9)18)21-14-10(16)3-7(4-11(14)17)5-13(19)20;1-2-6-3(4)5/h1-4,6,18H,5H2,(H,19,20);2H2,1H3,(H2,4,5). The van der Waals surface area contributed by atoms with Gasteiger partial charge in [0.2, 0.25) is 0 Å². The van der Waals surface area contributed by atoms with Crippen molar-refractivity contribution in [2.75, 3.05) is 6.61 Å². The third-order valence-electron chi connectivity index (χ3n) is 2.84. The molecule has 0 spiro atoms. The molecule has 0 aliphatic carbocycles. The molecule has 0 fully saturated rings. The van der Waals surface area contributed by atoms with Crippen LogP contribution in [0.3, 0.4) is 0 Å².